The highest BCUT2D eigenvalue weighted by atomic mass is 19.2. The van der Waals surface area contributed by atoms with Gasteiger partial charge in [0.1, 0.15) is 12.4 Å². The summed E-state index contributed by atoms with van der Waals surface area (Å²) >= 11 is 0. The number of para-hydroxylation sites is 1. The van der Waals surface area contributed by atoms with Crippen LogP contribution < -0.4 is 10.1 Å². The van der Waals surface area contributed by atoms with Gasteiger partial charge >= 0.3 is 12.1 Å². The zero-order valence-corrected chi connectivity index (χ0v) is 17.1. The topological polar surface area (TPSA) is 71.1 Å². The lowest BCUT2D eigenvalue weighted by molar-refractivity contribution is 0.0991. The van der Waals surface area contributed by atoms with Crippen LogP contribution in [0.1, 0.15) is 12.8 Å². The van der Waals surface area contributed by atoms with Crippen LogP contribution in [0, 0.1) is 17.5 Å². The molecule has 3 amide bonds. The summed E-state index contributed by atoms with van der Waals surface area (Å²) in [6.45, 7) is 1.27. The Kier molecular flexibility index (Phi) is 6.38. The van der Waals surface area contributed by atoms with Gasteiger partial charge in [0.25, 0.3) is 0 Å². The number of carbonyl (C=O) groups is 2. The van der Waals surface area contributed by atoms with Crippen LogP contribution in [0.5, 0.6) is 5.75 Å². The van der Waals surface area contributed by atoms with Crippen LogP contribution in [0.15, 0.2) is 42.5 Å². The molecule has 32 heavy (non-hydrogen) atoms. The summed E-state index contributed by atoms with van der Waals surface area (Å²) in [5, 5.41) is 2.26. The van der Waals surface area contributed by atoms with E-state index in [2.05, 4.69) is 5.32 Å². The monoisotopic (exact) mass is 449 g/mol. The van der Waals surface area contributed by atoms with E-state index >= 15 is 0 Å². The maximum absolute atomic E-state index is 13.8. The van der Waals surface area contributed by atoms with E-state index in [1.807, 2.05) is 30.3 Å². The Hall–Kier alpha value is -3.43. The zero-order chi connectivity index (χ0) is 22.7. The van der Waals surface area contributed by atoms with Gasteiger partial charge in [0, 0.05) is 19.1 Å². The summed E-state index contributed by atoms with van der Waals surface area (Å²) < 4.78 is 51.2. The van der Waals surface area contributed by atoms with E-state index in [0.717, 1.165) is 12.1 Å². The molecule has 0 radical (unpaired) electrons. The fraction of sp³-hybridized carbons (Fsp3) is 0.364. The molecule has 2 aliphatic heterocycles. The number of amides is 3. The first kappa shape index (κ1) is 21.8. The van der Waals surface area contributed by atoms with Crippen LogP contribution in [-0.4, -0.2) is 60.3 Å². The van der Waals surface area contributed by atoms with Gasteiger partial charge in [-0.25, -0.2) is 22.8 Å². The van der Waals surface area contributed by atoms with Gasteiger partial charge in [0.2, 0.25) is 0 Å². The van der Waals surface area contributed by atoms with E-state index in [1.54, 1.807) is 4.90 Å². The molecule has 2 aromatic rings. The Bertz CT molecular complexity index is 984. The smallest absolute Gasteiger partial charge is 0.410 e. The summed E-state index contributed by atoms with van der Waals surface area (Å²) in [6, 6.07) is 10.2. The maximum Gasteiger partial charge on any atom is 0.410 e. The summed E-state index contributed by atoms with van der Waals surface area (Å²) in [6.07, 6.45) is 0.211. The highest BCUT2D eigenvalue weighted by Crippen LogP contribution is 2.25. The number of ether oxygens (including phenoxy) is 2. The van der Waals surface area contributed by atoms with E-state index in [0.29, 0.717) is 38.2 Å². The molecule has 0 aromatic heterocycles. The summed E-state index contributed by atoms with van der Waals surface area (Å²) in [5.74, 6) is -3.72. The molecule has 2 saturated heterocycles. The molecule has 2 heterocycles. The van der Waals surface area contributed by atoms with Crippen molar-refractivity contribution in [2.75, 3.05) is 31.6 Å². The Balaban J connectivity index is 1.26. The Labute approximate surface area is 182 Å². The second-order valence-electron chi connectivity index (χ2n) is 7.65. The predicted octanol–water partition coefficient (Wildman–Crippen LogP) is 4.00. The fourth-order valence-corrected chi connectivity index (χ4v) is 3.83. The third kappa shape index (κ3) is 4.74. The normalized spacial score (nSPS) is 19.1. The quantitative estimate of drug-likeness (QED) is 0.701. The van der Waals surface area contributed by atoms with Gasteiger partial charge in [-0.1, -0.05) is 18.2 Å². The molecule has 10 heteroatoms. The fourth-order valence-electron chi connectivity index (χ4n) is 3.83. The molecule has 2 fully saturated rings. The Morgan fingerprint density at radius 3 is 2.50 bits per heavy atom. The van der Waals surface area contributed by atoms with Crippen LogP contribution in [0.4, 0.5) is 28.4 Å². The summed E-state index contributed by atoms with van der Waals surface area (Å²) in [5.41, 5.74) is -0.430. The molecule has 0 bridgehead atoms. The number of likely N-dealkylation sites (tertiary alicyclic amines) is 1. The number of nitrogens with zero attached hydrogens (tertiary/aromatic N) is 2. The number of benzene rings is 2. The van der Waals surface area contributed by atoms with Crippen molar-refractivity contribution < 1.29 is 32.2 Å². The van der Waals surface area contributed by atoms with Crippen LogP contribution in [0.25, 0.3) is 0 Å². The number of cyclic esters (lactones) is 1. The third-order valence-corrected chi connectivity index (χ3v) is 5.55. The van der Waals surface area contributed by atoms with E-state index in [9.17, 15) is 22.8 Å². The average molecular weight is 449 g/mol. The van der Waals surface area contributed by atoms with Gasteiger partial charge in [-0.15, -0.1) is 0 Å². The molecule has 2 aromatic carbocycles. The number of nitrogens with one attached hydrogen (secondary N) is 1. The van der Waals surface area contributed by atoms with Crippen LogP contribution in [0.2, 0.25) is 0 Å². The number of urea groups is 1. The first-order chi connectivity index (χ1) is 15.4. The third-order valence-electron chi connectivity index (χ3n) is 5.55. The van der Waals surface area contributed by atoms with Gasteiger partial charge in [0.15, 0.2) is 23.6 Å². The number of rotatable bonds is 5. The molecule has 1 atom stereocenters. The zero-order valence-electron chi connectivity index (χ0n) is 17.1. The van der Waals surface area contributed by atoms with Gasteiger partial charge in [-0.05, 0) is 37.1 Å². The summed E-state index contributed by atoms with van der Waals surface area (Å²) in [7, 11) is 0. The largest absolute Gasteiger partial charge is 0.490 e. The number of hydrogen-bond acceptors (Lipinski definition) is 4. The molecule has 2 aliphatic rings. The minimum absolute atomic E-state index is 0.103. The Morgan fingerprint density at radius 2 is 1.78 bits per heavy atom. The van der Waals surface area contributed by atoms with E-state index in [4.69, 9.17) is 9.47 Å². The van der Waals surface area contributed by atoms with Crippen molar-refractivity contribution in [3.63, 3.8) is 0 Å². The lowest BCUT2D eigenvalue weighted by atomic mass is 10.0. The molecule has 0 saturated carbocycles. The first-order valence-electron chi connectivity index (χ1n) is 10.3. The lowest BCUT2D eigenvalue weighted by Crippen LogP contribution is -2.48. The van der Waals surface area contributed by atoms with Crippen LogP contribution in [0.3, 0.4) is 0 Å². The standard InChI is InChI=1S/C22H22F3N3O4/c23-17-6-7-18(20(25)19(17)24)26-21(29)27-10-8-14(9-11-27)28-12-16(32-22(28)30)13-31-15-4-2-1-3-5-15/h1-7,14,16H,8-13H2,(H,26,29). The van der Waals surface area contributed by atoms with Crippen molar-refractivity contribution in [2.24, 2.45) is 0 Å². The molecule has 1 N–H and O–H groups in total. The maximum atomic E-state index is 13.8. The molecular weight excluding hydrogens is 427 g/mol. The molecule has 170 valence electrons. The van der Waals surface area contributed by atoms with Crippen molar-refractivity contribution >= 4 is 17.8 Å². The minimum Gasteiger partial charge on any atom is -0.490 e. The molecule has 7 nitrogen and oxygen atoms in total. The van der Waals surface area contributed by atoms with E-state index in [1.165, 1.54) is 4.90 Å². The molecule has 0 spiro atoms. The summed E-state index contributed by atoms with van der Waals surface area (Å²) in [4.78, 5) is 27.8. The van der Waals surface area contributed by atoms with Gasteiger partial charge in [-0.3, -0.25) is 0 Å². The second-order valence-corrected chi connectivity index (χ2v) is 7.65. The van der Waals surface area contributed by atoms with Crippen LogP contribution in [-0.2, 0) is 4.74 Å². The highest BCUT2D eigenvalue weighted by Gasteiger charge is 2.38. The van der Waals surface area contributed by atoms with Gasteiger partial charge in [0.05, 0.1) is 12.2 Å². The highest BCUT2D eigenvalue weighted by molar-refractivity contribution is 5.89. The number of anilines is 1. The molecule has 1 unspecified atom stereocenters. The molecule has 4 rings (SSSR count). The van der Waals surface area contributed by atoms with Crippen molar-refractivity contribution in [1.82, 2.24) is 9.80 Å². The number of carbonyl (C=O) groups excluding carboxylic acids is 2. The van der Waals surface area contributed by atoms with Gasteiger partial charge < -0.3 is 24.6 Å². The molecular formula is C22H22F3N3O4. The SMILES string of the molecule is O=C(Nc1ccc(F)c(F)c1F)N1CCC(N2CC(COc3ccccc3)OC2=O)CC1. The van der Waals surface area contributed by atoms with Gasteiger partial charge in [-0.2, -0.15) is 0 Å². The van der Waals surface area contributed by atoms with E-state index < -0.39 is 35.3 Å². The van der Waals surface area contributed by atoms with E-state index in [-0.39, 0.29) is 18.8 Å². The van der Waals surface area contributed by atoms with Crippen molar-refractivity contribution in [2.45, 2.75) is 25.0 Å². The van der Waals surface area contributed by atoms with Crippen LogP contribution >= 0.6 is 0 Å². The predicted molar refractivity (Wildman–Crippen MR) is 109 cm³/mol. The lowest BCUT2D eigenvalue weighted by Gasteiger charge is -2.35. The molecule has 0 aliphatic carbocycles. The van der Waals surface area contributed by atoms with Crippen molar-refractivity contribution in [3.05, 3.63) is 59.9 Å². The number of piperidine rings is 1. The first-order valence-corrected chi connectivity index (χ1v) is 10.3. The second kappa shape index (κ2) is 9.37. The average Bonchev–Trinajstić information content (AvgIpc) is 3.19. The number of hydrogen-bond donors (Lipinski definition) is 1. The number of halogens is 3. The van der Waals surface area contributed by atoms with Crippen molar-refractivity contribution in [3.8, 4) is 5.75 Å². The minimum atomic E-state index is -1.64. The van der Waals surface area contributed by atoms with Crippen molar-refractivity contribution in [1.29, 1.82) is 0 Å². The Morgan fingerprint density at radius 1 is 1.06 bits per heavy atom.